The molecule has 0 aromatic heterocycles. The molecule has 0 saturated carbocycles. The molecule has 1 amide bonds. The maximum Gasteiger partial charge on any atom is 0.270 e. The fourth-order valence-electron chi connectivity index (χ4n) is 2.01. The first kappa shape index (κ1) is 17.1. The lowest BCUT2D eigenvalue weighted by atomic mass is 10.1. The van der Waals surface area contributed by atoms with Crippen LogP contribution >= 0.6 is 35.0 Å². The Labute approximate surface area is 136 Å². The number of rotatable bonds is 2. The Morgan fingerprint density at radius 2 is 2.10 bits per heavy atom. The number of hydrogen-bond donors (Lipinski definition) is 1. The Hall–Kier alpha value is -0.930. The summed E-state index contributed by atoms with van der Waals surface area (Å²) in [6.45, 7) is 3.10. The van der Waals surface area contributed by atoms with Crippen molar-refractivity contribution in [3.05, 3.63) is 37.4 Å². The van der Waals surface area contributed by atoms with E-state index in [1.807, 2.05) is 22.6 Å². The predicted molar refractivity (Wildman–Crippen MR) is 86.5 cm³/mol. The minimum absolute atomic E-state index is 0. The molecule has 20 heavy (non-hydrogen) atoms. The average molecular weight is 412 g/mol. The largest absolute Gasteiger partial charge is 0.337 e. The Morgan fingerprint density at radius 3 is 2.75 bits per heavy atom. The number of benzene rings is 1. The molecule has 1 aromatic rings. The number of carbonyl (C=O) groups is 1. The van der Waals surface area contributed by atoms with Crippen molar-refractivity contribution in [2.24, 2.45) is 0 Å². The van der Waals surface area contributed by atoms with Gasteiger partial charge in [0.15, 0.2) is 0 Å². The third-order valence-electron chi connectivity index (χ3n) is 3.02. The summed E-state index contributed by atoms with van der Waals surface area (Å²) in [6.07, 6.45) is 0.926. The zero-order chi connectivity index (χ0) is 13.8. The maximum atomic E-state index is 12.4. The van der Waals surface area contributed by atoms with Gasteiger partial charge < -0.3 is 10.2 Å². The lowest BCUT2D eigenvalue weighted by Gasteiger charge is -2.20. The predicted octanol–water partition coefficient (Wildman–Crippen LogP) is 2.06. The van der Waals surface area contributed by atoms with Crippen molar-refractivity contribution in [2.45, 2.75) is 6.42 Å². The number of nitro benzene ring substituents is 1. The van der Waals surface area contributed by atoms with Crippen LogP contribution in [0.15, 0.2) is 18.2 Å². The molecule has 2 rings (SSSR count). The molecular formula is C12H15ClIN3O3. The second kappa shape index (κ2) is 7.75. The van der Waals surface area contributed by atoms with Crippen LogP contribution in [0.3, 0.4) is 0 Å². The molecule has 1 aromatic carbocycles. The molecule has 6 nitrogen and oxygen atoms in total. The van der Waals surface area contributed by atoms with Crippen molar-refractivity contribution in [1.29, 1.82) is 0 Å². The average Bonchev–Trinajstić information content (AvgIpc) is 2.66. The molecule has 1 saturated heterocycles. The Morgan fingerprint density at radius 1 is 1.35 bits per heavy atom. The van der Waals surface area contributed by atoms with Crippen LogP contribution in [0.4, 0.5) is 5.69 Å². The van der Waals surface area contributed by atoms with Gasteiger partial charge in [-0.1, -0.05) is 0 Å². The first-order valence-electron chi connectivity index (χ1n) is 6.03. The molecule has 0 aliphatic carbocycles. The highest BCUT2D eigenvalue weighted by atomic mass is 127. The summed E-state index contributed by atoms with van der Waals surface area (Å²) in [6, 6.07) is 4.36. The van der Waals surface area contributed by atoms with Crippen LogP contribution in [-0.4, -0.2) is 41.9 Å². The maximum absolute atomic E-state index is 12.4. The fourth-order valence-corrected chi connectivity index (χ4v) is 2.74. The summed E-state index contributed by atoms with van der Waals surface area (Å²) < 4.78 is 0.619. The van der Waals surface area contributed by atoms with Crippen molar-refractivity contribution in [3.63, 3.8) is 0 Å². The van der Waals surface area contributed by atoms with Gasteiger partial charge >= 0.3 is 0 Å². The lowest BCUT2D eigenvalue weighted by molar-refractivity contribution is -0.384. The van der Waals surface area contributed by atoms with Crippen molar-refractivity contribution in [1.82, 2.24) is 10.2 Å². The van der Waals surface area contributed by atoms with Crippen molar-refractivity contribution >= 4 is 46.6 Å². The number of nitro groups is 1. The molecular weight excluding hydrogens is 397 g/mol. The number of amides is 1. The number of hydrogen-bond acceptors (Lipinski definition) is 4. The molecule has 0 bridgehead atoms. The van der Waals surface area contributed by atoms with Gasteiger partial charge in [-0.2, -0.15) is 0 Å². The van der Waals surface area contributed by atoms with Crippen molar-refractivity contribution < 1.29 is 9.72 Å². The summed E-state index contributed by atoms with van der Waals surface area (Å²) in [5.74, 6) is -0.0528. The second-order valence-corrected chi connectivity index (χ2v) is 5.48. The topological polar surface area (TPSA) is 75.5 Å². The first-order valence-corrected chi connectivity index (χ1v) is 7.11. The molecule has 0 atom stereocenters. The molecule has 1 aliphatic rings. The second-order valence-electron chi connectivity index (χ2n) is 4.32. The van der Waals surface area contributed by atoms with Crippen LogP contribution in [0.2, 0.25) is 0 Å². The van der Waals surface area contributed by atoms with Crippen LogP contribution in [-0.2, 0) is 0 Å². The summed E-state index contributed by atoms with van der Waals surface area (Å²) in [5.41, 5.74) is 0.548. The molecule has 0 unspecified atom stereocenters. The van der Waals surface area contributed by atoms with E-state index in [0.717, 1.165) is 26.1 Å². The molecule has 110 valence electrons. The summed E-state index contributed by atoms with van der Waals surface area (Å²) in [5, 5.41) is 13.9. The van der Waals surface area contributed by atoms with Gasteiger partial charge in [0.1, 0.15) is 0 Å². The van der Waals surface area contributed by atoms with Gasteiger partial charge in [-0.3, -0.25) is 14.9 Å². The Kier molecular flexibility index (Phi) is 6.63. The lowest BCUT2D eigenvalue weighted by Crippen LogP contribution is -2.34. The van der Waals surface area contributed by atoms with Crippen LogP contribution in [0, 0.1) is 13.7 Å². The van der Waals surface area contributed by atoms with E-state index in [-0.39, 0.29) is 24.0 Å². The van der Waals surface area contributed by atoms with Crippen LogP contribution in [0.25, 0.3) is 0 Å². The van der Waals surface area contributed by atoms with Gasteiger partial charge in [0.05, 0.1) is 10.5 Å². The van der Waals surface area contributed by atoms with E-state index in [1.54, 1.807) is 11.0 Å². The zero-order valence-corrected chi connectivity index (χ0v) is 13.6. The summed E-state index contributed by atoms with van der Waals surface area (Å²) in [7, 11) is 0. The standard InChI is InChI=1S/C12H14IN3O3.ClH/c13-11-8-9(16(18)19)2-3-10(11)12(17)15-6-1-4-14-5-7-15;/h2-3,8,14H,1,4-7H2;1H. The third-order valence-corrected chi connectivity index (χ3v) is 3.91. The number of nitrogens with one attached hydrogen (secondary N) is 1. The molecule has 1 heterocycles. The first-order chi connectivity index (χ1) is 9.09. The van der Waals surface area contributed by atoms with E-state index in [2.05, 4.69) is 5.32 Å². The van der Waals surface area contributed by atoms with Gasteiger partial charge in [0.25, 0.3) is 11.6 Å². The quantitative estimate of drug-likeness (QED) is 0.459. The highest BCUT2D eigenvalue weighted by Gasteiger charge is 2.20. The number of carbonyl (C=O) groups excluding carboxylic acids is 1. The van der Waals surface area contributed by atoms with Gasteiger partial charge in [0, 0.05) is 35.3 Å². The van der Waals surface area contributed by atoms with Gasteiger partial charge in [-0.05, 0) is 41.6 Å². The highest BCUT2D eigenvalue weighted by molar-refractivity contribution is 14.1. The smallest absolute Gasteiger partial charge is 0.270 e. The minimum atomic E-state index is -0.452. The van der Waals surface area contributed by atoms with Crippen LogP contribution in [0.5, 0.6) is 0 Å². The zero-order valence-electron chi connectivity index (χ0n) is 10.7. The van der Waals surface area contributed by atoms with Crippen molar-refractivity contribution in [3.8, 4) is 0 Å². The SMILES string of the molecule is Cl.O=C(c1ccc([N+](=O)[O-])cc1I)N1CCCNCC1. The fraction of sp³-hybridized carbons (Fsp3) is 0.417. The van der Waals surface area contributed by atoms with Gasteiger partial charge in [-0.15, -0.1) is 12.4 Å². The number of halogens is 2. The van der Waals surface area contributed by atoms with Gasteiger partial charge in [-0.25, -0.2) is 0 Å². The van der Waals surface area contributed by atoms with Crippen molar-refractivity contribution in [2.75, 3.05) is 26.2 Å². The van der Waals surface area contributed by atoms with E-state index in [1.165, 1.54) is 12.1 Å². The molecule has 1 fully saturated rings. The van der Waals surface area contributed by atoms with E-state index in [9.17, 15) is 14.9 Å². The van der Waals surface area contributed by atoms with Crippen LogP contribution in [0.1, 0.15) is 16.8 Å². The summed E-state index contributed by atoms with van der Waals surface area (Å²) in [4.78, 5) is 24.4. The van der Waals surface area contributed by atoms with Crippen LogP contribution < -0.4 is 5.32 Å². The molecule has 0 spiro atoms. The molecule has 8 heteroatoms. The Bertz CT molecular complexity index is 505. The molecule has 0 radical (unpaired) electrons. The molecule has 1 N–H and O–H groups in total. The van der Waals surface area contributed by atoms with E-state index in [4.69, 9.17) is 0 Å². The number of non-ortho nitro benzene ring substituents is 1. The van der Waals surface area contributed by atoms with E-state index >= 15 is 0 Å². The van der Waals surface area contributed by atoms with E-state index in [0.29, 0.717) is 15.7 Å². The van der Waals surface area contributed by atoms with Gasteiger partial charge in [0.2, 0.25) is 0 Å². The number of nitrogens with zero attached hydrogens (tertiary/aromatic N) is 2. The highest BCUT2D eigenvalue weighted by Crippen LogP contribution is 2.21. The third kappa shape index (κ3) is 4.03. The minimum Gasteiger partial charge on any atom is -0.337 e. The van der Waals surface area contributed by atoms with E-state index < -0.39 is 4.92 Å². The monoisotopic (exact) mass is 411 g/mol. The summed E-state index contributed by atoms with van der Waals surface area (Å²) >= 11 is 1.97. The normalized spacial score (nSPS) is 15.2. The molecule has 1 aliphatic heterocycles. The Balaban J connectivity index is 0.00000200.